The number of hydroxylamine groups is 2. The number of nitrogens with zero attached hydrogens (tertiary/aromatic N) is 1. The van der Waals surface area contributed by atoms with E-state index in [0.717, 1.165) is 24.8 Å². The van der Waals surface area contributed by atoms with Gasteiger partial charge < -0.3 is 0 Å². The van der Waals surface area contributed by atoms with Gasteiger partial charge in [0.2, 0.25) is 0 Å². The average molecular weight is 345 g/mol. The largest absolute Gasteiger partial charge is 0.289 e. The first-order valence-corrected chi connectivity index (χ1v) is 9.22. The molecule has 3 rings (SSSR count). The fourth-order valence-electron chi connectivity index (χ4n) is 4.50. The minimum atomic E-state index is -0.744. The van der Waals surface area contributed by atoms with Gasteiger partial charge in [-0.05, 0) is 77.5 Å². The highest BCUT2D eigenvalue weighted by Gasteiger charge is 2.51. The van der Waals surface area contributed by atoms with Crippen LogP contribution in [-0.4, -0.2) is 22.0 Å². The normalized spacial score (nSPS) is 25.6. The molecule has 1 heterocycles. The summed E-state index contributed by atoms with van der Waals surface area (Å²) in [5, 5.41) is 11.5. The van der Waals surface area contributed by atoms with Crippen LogP contribution in [-0.2, 0) is 20.8 Å². The van der Waals surface area contributed by atoms with E-state index in [4.69, 9.17) is 9.73 Å². The summed E-state index contributed by atoms with van der Waals surface area (Å²) < 4.78 is 0. The third kappa shape index (κ3) is 2.95. The molecule has 4 heteroatoms. The average Bonchev–Trinajstić information content (AvgIpc) is 2.73. The summed E-state index contributed by atoms with van der Waals surface area (Å²) in [5.74, 6) is 0. The molecule has 0 spiro atoms. The van der Waals surface area contributed by atoms with Gasteiger partial charge in [0, 0.05) is 0 Å². The van der Waals surface area contributed by atoms with Gasteiger partial charge in [-0.15, -0.1) is 0 Å². The number of benzene rings is 1. The molecule has 0 aromatic heterocycles. The molecule has 1 aromatic carbocycles. The summed E-state index contributed by atoms with van der Waals surface area (Å²) in [6.45, 7) is 12.6. The standard InChI is InChI=1S/C21H31NO3/c1-19(2)15-11-7-8-12-16(15)20(3,4)22(19)24-18-14-10-9-13-17(18)21(5,6)25-23/h7-8,11-13,18,23H,9-10,14H2,1-6H3. The van der Waals surface area contributed by atoms with Crippen molar-refractivity contribution < 1.29 is 15.0 Å². The molecule has 0 saturated heterocycles. The summed E-state index contributed by atoms with van der Waals surface area (Å²) in [7, 11) is 0. The number of rotatable bonds is 4. The van der Waals surface area contributed by atoms with E-state index in [9.17, 15) is 5.26 Å². The summed E-state index contributed by atoms with van der Waals surface area (Å²) >= 11 is 0. The van der Waals surface area contributed by atoms with Crippen LogP contribution in [0.15, 0.2) is 35.9 Å². The SMILES string of the molecule is CC(C)(OO)C1=CCCCC1ON1C(C)(C)c2ccccc2C1(C)C. The van der Waals surface area contributed by atoms with E-state index in [-0.39, 0.29) is 17.2 Å². The number of fused-ring (bicyclic) bond motifs is 1. The highest BCUT2D eigenvalue weighted by Crippen LogP contribution is 2.50. The van der Waals surface area contributed by atoms with E-state index in [1.54, 1.807) is 0 Å². The Hall–Kier alpha value is -1.20. The molecule has 0 amide bonds. The molecule has 4 nitrogen and oxygen atoms in total. The topological polar surface area (TPSA) is 41.9 Å². The van der Waals surface area contributed by atoms with Crippen molar-refractivity contribution in [1.82, 2.24) is 5.06 Å². The van der Waals surface area contributed by atoms with Crippen molar-refractivity contribution >= 4 is 0 Å². The second-order valence-electron chi connectivity index (χ2n) is 8.74. The fraction of sp³-hybridized carbons (Fsp3) is 0.619. The zero-order valence-electron chi connectivity index (χ0n) is 16.3. The molecule has 0 bridgehead atoms. The van der Waals surface area contributed by atoms with Crippen LogP contribution in [0.25, 0.3) is 0 Å². The van der Waals surface area contributed by atoms with Crippen molar-refractivity contribution in [1.29, 1.82) is 0 Å². The van der Waals surface area contributed by atoms with Crippen molar-refractivity contribution in [2.24, 2.45) is 0 Å². The van der Waals surface area contributed by atoms with Crippen LogP contribution in [0.2, 0.25) is 0 Å². The van der Waals surface area contributed by atoms with E-state index < -0.39 is 5.60 Å². The Morgan fingerprint density at radius 3 is 2.16 bits per heavy atom. The quantitative estimate of drug-likeness (QED) is 0.465. The molecule has 1 unspecified atom stereocenters. The maximum Gasteiger partial charge on any atom is 0.121 e. The van der Waals surface area contributed by atoms with Crippen molar-refractivity contribution in [3.05, 3.63) is 47.0 Å². The van der Waals surface area contributed by atoms with Crippen LogP contribution in [0, 0.1) is 0 Å². The van der Waals surface area contributed by atoms with E-state index in [2.05, 4.69) is 63.1 Å². The van der Waals surface area contributed by atoms with Gasteiger partial charge in [-0.2, -0.15) is 5.06 Å². The molecule has 0 saturated carbocycles. The zero-order chi connectivity index (χ0) is 18.5. The lowest BCUT2D eigenvalue weighted by atomic mass is 9.86. The molecule has 1 atom stereocenters. The van der Waals surface area contributed by atoms with Gasteiger partial charge in [-0.25, -0.2) is 4.89 Å². The van der Waals surface area contributed by atoms with Crippen LogP contribution in [0.4, 0.5) is 0 Å². The number of hydrogen-bond acceptors (Lipinski definition) is 4. The van der Waals surface area contributed by atoms with Crippen molar-refractivity contribution in [2.45, 2.75) is 83.6 Å². The Balaban J connectivity index is 1.95. The van der Waals surface area contributed by atoms with Gasteiger partial charge in [0.1, 0.15) is 11.7 Å². The molecular weight excluding hydrogens is 314 g/mol. The zero-order valence-corrected chi connectivity index (χ0v) is 16.3. The minimum absolute atomic E-state index is 0.0937. The summed E-state index contributed by atoms with van der Waals surface area (Å²) in [5.41, 5.74) is 2.42. The van der Waals surface area contributed by atoms with Crippen LogP contribution < -0.4 is 0 Å². The molecule has 1 aliphatic heterocycles. The van der Waals surface area contributed by atoms with Crippen LogP contribution >= 0.6 is 0 Å². The highest BCUT2D eigenvalue weighted by atomic mass is 17.1. The first-order chi connectivity index (χ1) is 11.6. The number of allylic oxidation sites excluding steroid dienone is 1. The van der Waals surface area contributed by atoms with E-state index in [1.807, 2.05) is 13.8 Å². The molecule has 2 aliphatic rings. The highest BCUT2D eigenvalue weighted by molar-refractivity contribution is 5.42. The second-order valence-corrected chi connectivity index (χ2v) is 8.74. The summed E-state index contributed by atoms with van der Waals surface area (Å²) in [6.07, 6.45) is 5.07. The molecule has 0 radical (unpaired) electrons. The Morgan fingerprint density at radius 2 is 1.64 bits per heavy atom. The predicted molar refractivity (Wildman–Crippen MR) is 98.9 cm³/mol. The molecule has 1 N–H and O–H groups in total. The van der Waals surface area contributed by atoms with Gasteiger partial charge in [-0.1, -0.05) is 30.3 Å². The van der Waals surface area contributed by atoms with E-state index >= 15 is 0 Å². The lowest BCUT2D eigenvalue weighted by molar-refractivity contribution is -0.317. The Bertz CT molecular complexity index is 640. The molecule has 25 heavy (non-hydrogen) atoms. The molecule has 0 fully saturated rings. The first-order valence-electron chi connectivity index (χ1n) is 9.22. The Morgan fingerprint density at radius 1 is 1.08 bits per heavy atom. The predicted octanol–water partition coefficient (Wildman–Crippen LogP) is 5.15. The summed E-state index contributed by atoms with van der Waals surface area (Å²) in [6, 6.07) is 8.57. The van der Waals surface area contributed by atoms with E-state index in [0.29, 0.717) is 0 Å². The smallest absolute Gasteiger partial charge is 0.121 e. The minimum Gasteiger partial charge on any atom is -0.289 e. The van der Waals surface area contributed by atoms with Crippen molar-refractivity contribution in [3.63, 3.8) is 0 Å². The summed E-state index contributed by atoms with van der Waals surface area (Å²) in [4.78, 5) is 11.4. The lowest BCUT2D eigenvalue weighted by Gasteiger charge is -2.44. The maximum atomic E-state index is 9.36. The fourth-order valence-corrected chi connectivity index (χ4v) is 4.50. The van der Waals surface area contributed by atoms with Crippen molar-refractivity contribution in [2.75, 3.05) is 0 Å². The Kier molecular flexibility index (Phi) is 4.61. The van der Waals surface area contributed by atoms with Gasteiger partial charge in [0.25, 0.3) is 0 Å². The van der Waals surface area contributed by atoms with Crippen LogP contribution in [0.1, 0.15) is 71.9 Å². The van der Waals surface area contributed by atoms with Gasteiger partial charge in [0.15, 0.2) is 0 Å². The maximum absolute atomic E-state index is 9.36. The monoisotopic (exact) mass is 345 g/mol. The third-order valence-corrected chi connectivity index (χ3v) is 5.80. The molecule has 1 aromatic rings. The van der Waals surface area contributed by atoms with Crippen LogP contribution in [0.3, 0.4) is 0 Å². The van der Waals surface area contributed by atoms with Gasteiger partial charge >= 0.3 is 0 Å². The van der Waals surface area contributed by atoms with Crippen LogP contribution in [0.5, 0.6) is 0 Å². The molecular formula is C21H31NO3. The van der Waals surface area contributed by atoms with Gasteiger partial charge in [0.05, 0.1) is 11.1 Å². The second kappa shape index (κ2) is 6.20. The van der Waals surface area contributed by atoms with E-state index in [1.165, 1.54) is 11.1 Å². The third-order valence-electron chi connectivity index (χ3n) is 5.80. The number of hydrogen-bond donors (Lipinski definition) is 1. The molecule has 1 aliphatic carbocycles. The first kappa shape index (κ1) is 18.6. The lowest BCUT2D eigenvalue weighted by Crippen LogP contribution is -2.49. The van der Waals surface area contributed by atoms with Crippen molar-refractivity contribution in [3.8, 4) is 0 Å². The Labute approximate surface area is 151 Å². The van der Waals surface area contributed by atoms with Gasteiger partial charge in [-0.3, -0.25) is 10.1 Å². The molecule has 138 valence electrons.